The average Bonchev–Trinajstić information content (AvgIpc) is 2.24. The lowest BCUT2D eigenvalue weighted by molar-refractivity contribution is -0.385. The molecule has 1 aromatic carbocycles. The summed E-state index contributed by atoms with van der Waals surface area (Å²) in [5.74, 6) is 1.87. The highest BCUT2D eigenvalue weighted by Gasteiger charge is 2.22. The molecule has 0 atom stereocenters. The Bertz CT molecular complexity index is 485. The summed E-state index contributed by atoms with van der Waals surface area (Å²) in [6.07, 6.45) is 0. The van der Waals surface area contributed by atoms with Crippen LogP contribution in [-0.2, 0) is 4.79 Å². The molecule has 1 rings (SSSR count). The van der Waals surface area contributed by atoms with E-state index >= 15 is 0 Å². The van der Waals surface area contributed by atoms with Gasteiger partial charge in [-0.15, -0.1) is 0 Å². The van der Waals surface area contributed by atoms with E-state index in [0.717, 1.165) is 0 Å². The van der Waals surface area contributed by atoms with Crippen LogP contribution >= 0.6 is 0 Å². The highest BCUT2D eigenvalue weighted by Crippen LogP contribution is 2.29. The van der Waals surface area contributed by atoms with Crippen molar-refractivity contribution in [1.82, 2.24) is 0 Å². The second-order valence-electron chi connectivity index (χ2n) is 5.09. The first-order valence-electron chi connectivity index (χ1n) is 5.33. The van der Waals surface area contributed by atoms with Crippen molar-refractivity contribution in [3.05, 3.63) is 39.9 Å². The number of carbonyl (C=O) groups excluding carboxylic acids is 1. The predicted octanol–water partition coefficient (Wildman–Crippen LogP) is 3.15. The largest absolute Gasteiger partial charge is 0.277 e. The molecule has 0 fully saturated rings. The normalized spacial score (nSPS) is 10.8. The number of allylic oxidation sites excluding steroid dienone is 1. The third-order valence-corrected chi connectivity index (χ3v) is 3.67. The van der Waals surface area contributed by atoms with Crippen LogP contribution in [0.25, 0.3) is 5.57 Å². The fourth-order valence-corrected chi connectivity index (χ4v) is 2.93. The zero-order valence-corrected chi connectivity index (χ0v) is 11.2. The molecule has 0 N–H and O–H groups in total. The highest BCUT2D eigenvalue weighted by atomic mass is 28.3. The first-order valence-corrected chi connectivity index (χ1v) is 9.03. The minimum absolute atomic E-state index is 0.0240. The minimum atomic E-state index is -1.50. The van der Waals surface area contributed by atoms with Crippen molar-refractivity contribution in [3.63, 3.8) is 0 Å². The monoisotopic (exact) mass is 249 g/mol. The summed E-state index contributed by atoms with van der Waals surface area (Å²) in [5.41, 5.74) is 0.787. The van der Waals surface area contributed by atoms with Crippen LogP contribution in [0.15, 0.2) is 24.3 Å². The molecular weight excluding hydrogens is 234 g/mol. The van der Waals surface area contributed by atoms with E-state index in [0.29, 0.717) is 17.2 Å². The smallest absolute Gasteiger partial charge is 0.258 e. The van der Waals surface area contributed by atoms with Crippen LogP contribution in [0, 0.1) is 10.1 Å². The Morgan fingerprint density at radius 1 is 1.35 bits per heavy atom. The summed E-state index contributed by atoms with van der Waals surface area (Å²) >= 11 is 0. The van der Waals surface area contributed by atoms with Gasteiger partial charge in [-0.2, -0.15) is 0 Å². The third kappa shape index (κ3) is 3.66. The fourth-order valence-electron chi connectivity index (χ4n) is 1.60. The van der Waals surface area contributed by atoms with Crippen LogP contribution in [0.3, 0.4) is 0 Å². The Balaban J connectivity index is 3.23. The third-order valence-electron chi connectivity index (χ3n) is 2.26. The predicted molar refractivity (Wildman–Crippen MR) is 70.3 cm³/mol. The van der Waals surface area contributed by atoms with E-state index in [1.54, 1.807) is 18.2 Å². The van der Waals surface area contributed by atoms with Gasteiger partial charge in [-0.3, -0.25) is 10.1 Å². The maximum atomic E-state index is 11.0. The van der Waals surface area contributed by atoms with Gasteiger partial charge in [0.05, 0.1) is 10.5 Å². The Morgan fingerprint density at radius 2 is 1.94 bits per heavy atom. The van der Waals surface area contributed by atoms with Crippen molar-refractivity contribution in [2.45, 2.75) is 25.7 Å². The number of nitro groups is 1. The van der Waals surface area contributed by atoms with Crippen LogP contribution in [0.1, 0.15) is 5.56 Å². The molecule has 1 aromatic rings. The average molecular weight is 249 g/mol. The number of nitrogens with zero attached hydrogens (tertiary/aromatic N) is 1. The Hall–Kier alpha value is -1.71. The van der Waals surface area contributed by atoms with Crippen LogP contribution in [0.5, 0.6) is 0 Å². The number of hydrogen-bond acceptors (Lipinski definition) is 3. The lowest BCUT2D eigenvalue weighted by Crippen LogP contribution is -2.20. The zero-order chi connectivity index (χ0) is 13.1. The van der Waals surface area contributed by atoms with Crippen molar-refractivity contribution < 1.29 is 9.72 Å². The summed E-state index contributed by atoms with van der Waals surface area (Å²) in [4.78, 5) is 21.4. The molecule has 4 nitrogen and oxygen atoms in total. The number of nitro benzene ring substituents is 1. The van der Waals surface area contributed by atoms with E-state index in [9.17, 15) is 14.9 Å². The number of para-hydroxylation sites is 1. The molecule has 0 radical (unpaired) electrons. The Kier molecular flexibility index (Phi) is 3.99. The minimum Gasteiger partial charge on any atom is -0.258 e. The van der Waals surface area contributed by atoms with E-state index in [4.69, 9.17) is 0 Å². The maximum Gasteiger partial charge on any atom is 0.277 e. The number of hydrogen-bond donors (Lipinski definition) is 0. The molecule has 17 heavy (non-hydrogen) atoms. The quantitative estimate of drug-likeness (QED) is 0.356. The van der Waals surface area contributed by atoms with Crippen LogP contribution in [0.2, 0.25) is 25.7 Å². The Morgan fingerprint density at radius 3 is 2.41 bits per heavy atom. The lowest BCUT2D eigenvalue weighted by atomic mass is 10.1. The summed E-state index contributed by atoms with van der Waals surface area (Å²) in [6, 6.07) is 6.92. The number of rotatable bonds is 4. The van der Waals surface area contributed by atoms with Crippen molar-refractivity contribution in [3.8, 4) is 0 Å². The van der Waals surface area contributed by atoms with E-state index in [1.807, 2.05) is 5.94 Å². The van der Waals surface area contributed by atoms with Crippen molar-refractivity contribution in [2.24, 2.45) is 0 Å². The van der Waals surface area contributed by atoms with Gasteiger partial charge in [0.15, 0.2) is 0 Å². The Labute approximate surface area is 101 Å². The molecule has 5 heteroatoms. The molecular formula is C12H15NO3Si. The lowest BCUT2D eigenvalue weighted by Gasteiger charge is -2.16. The SMILES string of the molecule is C[Si](C)(C)CC(=C=O)c1ccccc1[N+](=O)[O-]. The van der Waals surface area contributed by atoms with Gasteiger partial charge in [0.1, 0.15) is 5.94 Å². The van der Waals surface area contributed by atoms with Gasteiger partial charge >= 0.3 is 0 Å². The molecule has 0 bridgehead atoms. The standard InChI is InChI=1S/C12H15NO3Si/c1-17(2,3)9-10(8-14)11-6-4-5-7-12(11)13(15)16/h4-7H,9H2,1-3H3. The highest BCUT2D eigenvalue weighted by molar-refractivity contribution is 6.77. The summed E-state index contributed by atoms with van der Waals surface area (Å²) < 4.78 is 0. The van der Waals surface area contributed by atoms with Gasteiger partial charge in [-0.05, 0) is 12.1 Å². The second kappa shape index (κ2) is 5.08. The summed E-state index contributed by atoms with van der Waals surface area (Å²) in [5, 5.41) is 10.9. The van der Waals surface area contributed by atoms with Gasteiger partial charge < -0.3 is 0 Å². The molecule has 0 heterocycles. The molecule has 0 saturated heterocycles. The molecule has 0 aliphatic carbocycles. The van der Waals surface area contributed by atoms with Crippen molar-refractivity contribution >= 4 is 25.3 Å². The van der Waals surface area contributed by atoms with Crippen LogP contribution in [-0.4, -0.2) is 18.9 Å². The molecule has 0 unspecified atom stereocenters. The molecule has 0 aliphatic rings. The molecule has 0 aliphatic heterocycles. The van der Waals surface area contributed by atoms with E-state index < -0.39 is 13.0 Å². The van der Waals surface area contributed by atoms with Crippen LogP contribution in [0.4, 0.5) is 5.69 Å². The van der Waals surface area contributed by atoms with Gasteiger partial charge in [0.25, 0.3) is 5.69 Å². The molecule has 0 spiro atoms. The van der Waals surface area contributed by atoms with Gasteiger partial charge in [0, 0.05) is 19.7 Å². The van der Waals surface area contributed by atoms with Crippen molar-refractivity contribution in [1.29, 1.82) is 0 Å². The van der Waals surface area contributed by atoms with E-state index in [2.05, 4.69) is 19.6 Å². The maximum absolute atomic E-state index is 11.0. The van der Waals surface area contributed by atoms with E-state index in [-0.39, 0.29) is 5.69 Å². The number of benzene rings is 1. The zero-order valence-electron chi connectivity index (χ0n) is 10.2. The molecule has 90 valence electrons. The second-order valence-corrected chi connectivity index (χ2v) is 10.6. The van der Waals surface area contributed by atoms with Gasteiger partial charge in [0.2, 0.25) is 0 Å². The van der Waals surface area contributed by atoms with Gasteiger partial charge in [-0.25, -0.2) is 4.79 Å². The summed E-state index contributed by atoms with van der Waals surface area (Å²) in [6.45, 7) is 6.33. The molecule has 0 saturated carbocycles. The van der Waals surface area contributed by atoms with Crippen molar-refractivity contribution in [2.75, 3.05) is 0 Å². The topological polar surface area (TPSA) is 60.2 Å². The first-order chi connectivity index (χ1) is 7.85. The first kappa shape index (κ1) is 13.4. The summed E-state index contributed by atoms with van der Waals surface area (Å²) in [7, 11) is -1.50. The van der Waals surface area contributed by atoms with E-state index in [1.165, 1.54) is 6.07 Å². The fraction of sp³-hybridized carbons (Fsp3) is 0.333. The molecule has 0 aromatic heterocycles. The van der Waals surface area contributed by atoms with Gasteiger partial charge in [-0.1, -0.05) is 31.8 Å². The van der Waals surface area contributed by atoms with Crippen LogP contribution < -0.4 is 0 Å². The molecule has 0 amide bonds.